The van der Waals surface area contributed by atoms with Crippen molar-refractivity contribution < 1.29 is 0 Å². The van der Waals surface area contributed by atoms with Crippen LogP contribution in [0.4, 0.5) is 0 Å². The van der Waals surface area contributed by atoms with Crippen LogP contribution in [0.1, 0.15) is 45.4 Å². The summed E-state index contributed by atoms with van der Waals surface area (Å²) in [5.74, 6) is 1.52. The minimum Gasteiger partial charge on any atom is -0.312 e. The van der Waals surface area contributed by atoms with E-state index in [0.717, 1.165) is 25.6 Å². The Balaban J connectivity index is 1.82. The summed E-state index contributed by atoms with van der Waals surface area (Å²) in [5.41, 5.74) is 2.47. The zero-order valence-electron chi connectivity index (χ0n) is 13.4. The molecule has 1 N–H and O–H groups in total. The molecule has 112 valence electrons. The van der Waals surface area contributed by atoms with Crippen molar-refractivity contribution in [3.63, 3.8) is 0 Å². The lowest BCUT2D eigenvalue weighted by atomic mass is 10.1. The molecule has 20 heavy (non-hydrogen) atoms. The van der Waals surface area contributed by atoms with E-state index < -0.39 is 0 Å². The van der Waals surface area contributed by atoms with E-state index in [-0.39, 0.29) is 0 Å². The van der Waals surface area contributed by atoms with Gasteiger partial charge in [0.15, 0.2) is 0 Å². The van der Waals surface area contributed by atoms with Gasteiger partial charge in [-0.15, -0.1) is 0 Å². The van der Waals surface area contributed by atoms with Gasteiger partial charge in [0.1, 0.15) is 0 Å². The Morgan fingerprint density at radius 1 is 1.35 bits per heavy atom. The molecule has 0 aliphatic carbocycles. The predicted molar refractivity (Wildman–Crippen MR) is 84.4 cm³/mol. The number of nitrogens with zero attached hydrogens (tertiary/aromatic N) is 2. The minimum absolute atomic E-state index is 0.694. The fourth-order valence-corrected chi connectivity index (χ4v) is 2.97. The number of likely N-dealkylation sites (tertiary alicyclic amines) is 1. The molecule has 3 heteroatoms. The van der Waals surface area contributed by atoms with Crippen molar-refractivity contribution in [2.75, 3.05) is 13.1 Å². The number of hydrogen-bond donors (Lipinski definition) is 1. The molecule has 2 unspecified atom stereocenters. The second-order valence-corrected chi connectivity index (χ2v) is 6.80. The maximum absolute atomic E-state index is 4.62. The Kier molecular flexibility index (Phi) is 5.55. The lowest BCUT2D eigenvalue weighted by molar-refractivity contribution is 0.253. The molecule has 0 aromatic carbocycles. The van der Waals surface area contributed by atoms with Crippen molar-refractivity contribution >= 4 is 0 Å². The Bertz CT molecular complexity index is 399. The second-order valence-electron chi connectivity index (χ2n) is 6.80. The predicted octanol–water partition coefficient (Wildman–Crippen LogP) is 3.06. The molecule has 0 spiro atoms. The third kappa shape index (κ3) is 4.57. The molecule has 1 aliphatic rings. The van der Waals surface area contributed by atoms with Crippen molar-refractivity contribution in [2.24, 2.45) is 11.8 Å². The Labute approximate surface area is 123 Å². The molecule has 0 bridgehead atoms. The van der Waals surface area contributed by atoms with E-state index in [1.54, 1.807) is 0 Å². The topological polar surface area (TPSA) is 28.2 Å². The van der Waals surface area contributed by atoms with Crippen molar-refractivity contribution in [1.29, 1.82) is 0 Å². The SMILES string of the molecule is CC(C)CNCc1ccc(CN2CC(C)CC2C)nc1. The highest BCUT2D eigenvalue weighted by Crippen LogP contribution is 2.23. The highest BCUT2D eigenvalue weighted by atomic mass is 15.2. The van der Waals surface area contributed by atoms with Gasteiger partial charge in [0.25, 0.3) is 0 Å². The largest absolute Gasteiger partial charge is 0.312 e. The third-order valence-corrected chi connectivity index (χ3v) is 4.05. The molecule has 0 amide bonds. The molecule has 1 aromatic rings. The first-order chi connectivity index (χ1) is 9.54. The molecule has 2 rings (SSSR count). The molecule has 0 saturated carbocycles. The number of aromatic nitrogens is 1. The molecule has 1 aliphatic heterocycles. The summed E-state index contributed by atoms with van der Waals surface area (Å²) in [6, 6.07) is 5.08. The first-order valence-corrected chi connectivity index (χ1v) is 7.93. The Morgan fingerprint density at radius 2 is 2.15 bits per heavy atom. The van der Waals surface area contributed by atoms with Crippen molar-refractivity contribution in [3.8, 4) is 0 Å². The average Bonchev–Trinajstić information content (AvgIpc) is 2.69. The monoisotopic (exact) mass is 275 g/mol. The zero-order valence-corrected chi connectivity index (χ0v) is 13.4. The molecule has 1 saturated heterocycles. The van der Waals surface area contributed by atoms with E-state index >= 15 is 0 Å². The van der Waals surface area contributed by atoms with Crippen LogP contribution in [-0.2, 0) is 13.1 Å². The summed E-state index contributed by atoms with van der Waals surface area (Å²) in [4.78, 5) is 7.16. The van der Waals surface area contributed by atoms with Gasteiger partial charge in [-0.05, 0) is 43.4 Å². The molecule has 2 heterocycles. The summed E-state index contributed by atoms with van der Waals surface area (Å²) >= 11 is 0. The van der Waals surface area contributed by atoms with Gasteiger partial charge in [0.05, 0.1) is 5.69 Å². The number of pyridine rings is 1. The van der Waals surface area contributed by atoms with Gasteiger partial charge in [-0.25, -0.2) is 0 Å². The van der Waals surface area contributed by atoms with Gasteiger partial charge < -0.3 is 5.32 Å². The molecular weight excluding hydrogens is 246 g/mol. The lowest BCUT2D eigenvalue weighted by Gasteiger charge is -2.20. The summed E-state index contributed by atoms with van der Waals surface area (Å²) in [6.07, 6.45) is 3.34. The summed E-state index contributed by atoms with van der Waals surface area (Å²) < 4.78 is 0. The van der Waals surface area contributed by atoms with E-state index in [9.17, 15) is 0 Å². The first-order valence-electron chi connectivity index (χ1n) is 7.93. The van der Waals surface area contributed by atoms with Gasteiger partial charge >= 0.3 is 0 Å². The van der Waals surface area contributed by atoms with Crippen LogP contribution >= 0.6 is 0 Å². The fourth-order valence-electron chi connectivity index (χ4n) is 2.97. The first kappa shape index (κ1) is 15.5. The van der Waals surface area contributed by atoms with Crippen LogP contribution in [0.5, 0.6) is 0 Å². The van der Waals surface area contributed by atoms with Crippen LogP contribution in [0, 0.1) is 11.8 Å². The van der Waals surface area contributed by atoms with Gasteiger partial charge in [0, 0.05) is 31.9 Å². The fraction of sp³-hybridized carbons (Fsp3) is 0.706. The van der Waals surface area contributed by atoms with E-state index in [1.807, 2.05) is 6.20 Å². The maximum Gasteiger partial charge on any atom is 0.0544 e. The highest BCUT2D eigenvalue weighted by molar-refractivity contribution is 5.14. The molecular formula is C17H29N3. The van der Waals surface area contributed by atoms with Crippen LogP contribution in [0.2, 0.25) is 0 Å². The van der Waals surface area contributed by atoms with Crippen LogP contribution in [0.15, 0.2) is 18.3 Å². The smallest absolute Gasteiger partial charge is 0.0544 e. The quantitative estimate of drug-likeness (QED) is 0.865. The standard InChI is InChI=1S/C17H29N3/c1-13(2)8-18-9-16-5-6-17(19-10-16)12-20-11-14(3)7-15(20)4/h5-6,10,13-15,18H,7-9,11-12H2,1-4H3. The Hall–Kier alpha value is -0.930. The average molecular weight is 275 g/mol. The highest BCUT2D eigenvalue weighted by Gasteiger charge is 2.25. The van der Waals surface area contributed by atoms with Gasteiger partial charge in [-0.3, -0.25) is 9.88 Å². The van der Waals surface area contributed by atoms with E-state index in [1.165, 1.54) is 24.2 Å². The summed E-state index contributed by atoms with van der Waals surface area (Å²) in [5, 5.41) is 3.46. The van der Waals surface area contributed by atoms with Crippen LogP contribution in [0.25, 0.3) is 0 Å². The molecule has 1 aromatic heterocycles. The van der Waals surface area contributed by atoms with Gasteiger partial charge in [-0.2, -0.15) is 0 Å². The van der Waals surface area contributed by atoms with Gasteiger partial charge in [0.2, 0.25) is 0 Å². The number of rotatable bonds is 6. The van der Waals surface area contributed by atoms with E-state index in [0.29, 0.717) is 12.0 Å². The summed E-state index contributed by atoms with van der Waals surface area (Å²) in [7, 11) is 0. The lowest BCUT2D eigenvalue weighted by Crippen LogP contribution is -2.27. The molecule has 0 radical (unpaired) electrons. The van der Waals surface area contributed by atoms with E-state index in [4.69, 9.17) is 0 Å². The van der Waals surface area contributed by atoms with Crippen molar-refractivity contribution in [2.45, 2.75) is 53.2 Å². The van der Waals surface area contributed by atoms with E-state index in [2.05, 4.69) is 55.0 Å². The van der Waals surface area contributed by atoms with Crippen LogP contribution in [0.3, 0.4) is 0 Å². The molecule has 3 nitrogen and oxygen atoms in total. The van der Waals surface area contributed by atoms with Gasteiger partial charge in [-0.1, -0.05) is 26.8 Å². The van der Waals surface area contributed by atoms with Crippen molar-refractivity contribution in [1.82, 2.24) is 15.2 Å². The third-order valence-electron chi connectivity index (χ3n) is 4.05. The van der Waals surface area contributed by atoms with Crippen molar-refractivity contribution in [3.05, 3.63) is 29.6 Å². The molecule has 1 fully saturated rings. The van der Waals surface area contributed by atoms with Crippen LogP contribution < -0.4 is 5.32 Å². The molecule has 2 atom stereocenters. The number of nitrogens with one attached hydrogen (secondary N) is 1. The second kappa shape index (κ2) is 7.19. The summed E-state index contributed by atoms with van der Waals surface area (Å²) in [6.45, 7) is 13.3. The number of hydrogen-bond acceptors (Lipinski definition) is 3. The Morgan fingerprint density at radius 3 is 2.70 bits per heavy atom. The van der Waals surface area contributed by atoms with Crippen LogP contribution in [-0.4, -0.2) is 29.0 Å². The maximum atomic E-state index is 4.62. The normalized spacial score (nSPS) is 23.6. The minimum atomic E-state index is 0.694. The zero-order chi connectivity index (χ0) is 14.5.